The number of nitrogens with one attached hydrogen (secondary N) is 1. The maximum Gasteiger partial charge on any atom is 0.137 e. The van der Waals surface area contributed by atoms with Crippen LogP contribution in [0.1, 0.15) is 51.4 Å². The van der Waals surface area contributed by atoms with E-state index in [2.05, 4.69) is 56.9 Å². The standard InChI is InChI=1S/C15H28N4/c1-10(2)8-9-19(7)15-12(5)14(16-6)17-13(18-15)11(3)4/h10-11H,8-9H2,1-7H3,(H,16,17,18). The van der Waals surface area contributed by atoms with Crippen molar-refractivity contribution in [2.24, 2.45) is 5.92 Å². The second kappa shape index (κ2) is 6.73. The lowest BCUT2D eigenvalue weighted by Gasteiger charge is -2.23. The Hall–Kier alpha value is -1.32. The van der Waals surface area contributed by atoms with Crippen LogP contribution in [-0.4, -0.2) is 30.6 Å². The molecule has 0 aliphatic carbocycles. The average Bonchev–Trinajstić information content (AvgIpc) is 2.35. The van der Waals surface area contributed by atoms with Crippen LogP contribution < -0.4 is 10.2 Å². The molecular formula is C15H28N4. The fraction of sp³-hybridized carbons (Fsp3) is 0.733. The first-order chi connectivity index (χ1) is 8.86. The highest BCUT2D eigenvalue weighted by molar-refractivity contribution is 5.58. The molecular weight excluding hydrogens is 236 g/mol. The molecule has 0 fully saturated rings. The summed E-state index contributed by atoms with van der Waals surface area (Å²) in [7, 11) is 4.03. The van der Waals surface area contributed by atoms with Crippen LogP contribution in [0.25, 0.3) is 0 Å². The Kier molecular flexibility index (Phi) is 5.58. The number of aromatic nitrogens is 2. The minimum Gasteiger partial charge on any atom is -0.373 e. The van der Waals surface area contributed by atoms with Gasteiger partial charge in [0.05, 0.1) is 0 Å². The van der Waals surface area contributed by atoms with Crippen molar-refractivity contribution in [2.75, 3.05) is 30.9 Å². The zero-order valence-electron chi connectivity index (χ0n) is 13.4. The molecule has 0 aliphatic rings. The minimum atomic E-state index is 0.338. The van der Waals surface area contributed by atoms with Crippen LogP contribution in [0.5, 0.6) is 0 Å². The summed E-state index contributed by atoms with van der Waals surface area (Å²) in [6.45, 7) is 11.9. The smallest absolute Gasteiger partial charge is 0.137 e. The van der Waals surface area contributed by atoms with Gasteiger partial charge in [0, 0.05) is 32.1 Å². The summed E-state index contributed by atoms with van der Waals surface area (Å²) in [5.41, 5.74) is 1.12. The van der Waals surface area contributed by atoms with Crippen molar-refractivity contribution >= 4 is 11.6 Å². The summed E-state index contributed by atoms with van der Waals surface area (Å²) >= 11 is 0. The summed E-state index contributed by atoms with van der Waals surface area (Å²) in [5, 5.41) is 3.17. The van der Waals surface area contributed by atoms with E-state index >= 15 is 0 Å². The van der Waals surface area contributed by atoms with Crippen LogP contribution in [0.4, 0.5) is 11.6 Å². The summed E-state index contributed by atoms with van der Waals surface area (Å²) in [6, 6.07) is 0. The van der Waals surface area contributed by atoms with Crippen LogP contribution in [0.3, 0.4) is 0 Å². The van der Waals surface area contributed by atoms with Crippen LogP contribution >= 0.6 is 0 Å². The number of nitrogens with zero attached hydrogens (tertiary/aromatic N) is 3. The molecule has 0 atom stereocenters. The lowest BCUT2D eigenvalue weighted by Crippen LogP contribution is -2.23. The average molecular weight is 264 g/mol. The Bertz CT molecular complexity index is 413. The Balaban J connectivity index is 3.07. The van der Waals surface area contributed by atoms with Gasteiger partial charge in [-0.15, -0.1) is 0 Å². The predicted octanol–water partition coefficient (Wildman–Crippen LogP) is 3.43. The van der Waals surface area contributed by atoms with Gasteiger partial charge in [0.25, 0.3) is 0 Å². The van der Waals surface area contributed by atoms with Crippen LogP contribution in [0.15, 0.2) is 0 Å². The first-order valence-electron chi connectivity index (χ1n) is 7.14. The Morgan fingerprint density at radius 3 is 2.26 bits per heavy atom. The lowest BCUT2D eigenvalue weighted by atomic mass is 10.1. The summed E-state index contributed by atoms with van der Waals surface area (Å²) in [5.74, 6) is 3.93. The van der Waals surface area contributed by atoms with Crippen molar-refractivity contribution in [1.29, 1.82) is 0 Å². The van der Waals surface area contributed by atoms with Gasteiger partial charge in [-0.2, -0.15) is 0 Å². The van der Waals surface area contributed by atoms with Crippen LogP contribution in [-0.2, 0) is 0 Å². The zero-order valence-corrected chi connectivity index (χ0v) is 13.4. The van der Waals surface area contributed by atoms with Gasteiger partial charge in [-0.1, -0.05) is 27.7 Å². The molecule has 1 aromatic rings. The molecule has 0 aromatic carbocycles. The molecule has 0 saturated heterocycles. The maximum atomic E-state index is 4.73. The first-order valence-corrected chi connectivity index (χ1v) is 7.14. The number of rotatable bonds is 6. The summed E-state index contributed by atoms with van der Waals surface area (Å²) in [4.78, 5) is 11.6. The molecule has 1 heterocycles. The van der Waals surface area contributed by atoms with Crippen LogP contribution in [0.2, 0.25) is 0 Å². The quantitative estimate of drug-likeness (QED) is 0.854. The van der Waals surface area contributed by atoms with E-state index in [1.165, 1.54) is 6.42 Å². The number of anilines is 2. The van der Waals surface area contributed by atoms with Crippen molar-refractivity contribution < 1.29 is 0 Å². The fourth-order valence-corrected chi connectivity index (χ4v) is 1.95. The van der Waals surface area contributed by atoms with Gasteiger partial charge in [0.15, 0.2) is 0 Å². The Morgan fingerprint density at radius 1 is 1.16 bits per heavy atom. The highest BCUT2D eigenvalue weighted by atomic mass is 15.2. The Labute approximate surface area is 117 Å². The van der Waals surface area contributed by atoms with Gasteiger partial charge < -0.3 is 10.2 Å². The fourth-order valence-electron chi connectivity index (χ4n) is 1.95. The molecule has 4 heteroatoms. The van der Waals surface area contributed by atoms with Crippen molar-refractivity contribution in [3.63, 3.8) is 0 Å². The Morgan fingerprint density at radius 2 is 1.79 bits per heavy atom. The topological polar surface area (TPSA) is 41.1 Å². The summed E-state index contributed by atoms with van der Waals surface area (Å²) in [6.07, 6.45) is 1.17. The normalized spacial score (nSPS) is 11.2. The molecule has 0 radical (unpaired) electrons. The highest BCUT2D eigenvalue weighted by Gasteiger charge is 2.15. The van der Waals surface area contributed by atoms with Gasteiger partial charge in [-0.3, -0.25) is 0 Å². The van der Waals surface area contributed by atoms with Gasteiger partial charge in [-0.25, -0.2) is 9.97 Å². The molecule has 1 rings (SSSR count). The molecule has 0 aliphatic heterocycles. The van der Waals surface area contributed by atoms with E-state index in [-0.39, 0.29) is 0 Å². The molecule has 108 valence electrons. The van der Waals surface area contributed by atoms with Crippen LogP contribution in [0, 0.1) is 12.8 Å². The van der Waals surface area contributed by atoms with Crippen molar-refractivity contribution in [1.82, 2.24) is 9.97 Å². The molecule has 0 bridgehead atoms. The zero-order chi connectivity index (χ0) is 14.6. The lowest BCUT2D eigenvalue weighted by molar-refractivity contribution is 0.582. The molecule has 4 nitrogen and oxygen atoms in total. The minimum absolute atomic E-state index is 0.338. The third kappa shape index (κ3) is 4.08. The largest absolute Gasteiger partial charge is 0.373 e. The monoisotopic (exact) mass is 264 g/mol. The van der Waals surface area contributed by atoms with Gasteiger partial charge in [-0.05, 0) is 19.3 Å². The van der Waals surface area contributed by atoms with E-state index in [1.807, 2.05) is 7.05 Å². The maximum absolute atomic E-state index is 4.73. The van der Waals surface area contributed by atoms with E-state index in [0.29, 0.717) is 11.8 Å². The van der Waals surface area contributed by atoms with Crippen molar-refractivity contribution in [3.8, 4) is 0 Å². The number of hydrogen-bond acceptors (Lipinski definition) is 4. The van der Waals surface area contributed by atoms with E-state index in [4.69, 9.17) is 4.98 Å². The molecule has 0 amide bonds. The predicted molar refractivity (Wildman–Crippen MR) is 83.1 cm³/mol. The summed E-state index contributed by atoms with van der Waals surface area (Å²) < 4.78 is 0. The SMILES string of the molecule is CNc1nc(C(C)C)nc(N(C)CCC(C)C)c1C. The second-order valence-corrected chi connectivity index (χ2v) is 5.89. The number of hydrogen-bond donors (Lipinski definition) is 1. The van der Waals surface area contributed by atoms with E-state index in [1.54, 1.807) is 0 Å². The first kappa shape index (κ1) is 15.7. The highest BCUT2D eigenvalue weighted by Crippen LogP contribution is 2.25. The third-order valence-electron chi connectivity index (χ3n) is 3.29. The molecule has 0 unspecified atom stereocenters. The third-order valence-corrected chi connectivity index (χ3v) is 3.29. The molecule has 0 spiro atoms. The van der Waals surface area contributed by atoms with Gasteiger partial charge in [0.1, 0.15) is 17.5 Å². The molecule has 1 aromatic heterocycles. The second-order valence-electron chi connectivity index (χ2n) is 5.89. The van der Waals surface area contributed by atoms with E-state index in [0.717, 1.165) is 29.6 Å². The molecule has 1 N–H and O–H groups in total. The van der Waals surface area contributed by atoms with E-state index in [9.17, 15) is 0 Å². The van der Waals surface area contributed by atoms with Gasteiger partial charge >= 0.3 is 0 Å². The molecule has 19 heavy (non-hydrogen) atoms. The molecule has 0 saturated carbocycles. The van der Waals surface area contributed by atoms with E-state index < -0.39 is 0 Å². The van der Waals surface area contributed by atoms with Gasteiger partial charge in [0.2, 0.25) is 0 Å². The van der Waals surface area contributed by atoms with Crippen molar-refractivity contribution in [2.45, 2.75) is 47.0 Å². The van der Waals surface area contributed by atoms with Crippen molar-refractivity contribution in [3.05, 3.63) is 11.4 Å².